The van der Waals surface area contributed by atoms with Crippen molar-refractivity contribution < 1.29 is 37.3 Å². The maximum absolute atomic E-state index is 12.3. The molecule has 2 N–H and O–H groups in total. The highest BCUT2D eigenvalue weighted by molar-refractivity contribution is 7.15. The Kier molecular flexibility index (Phi) is 10.0. The fraction of sp³-hybridized carbons (Fsp3) is 0.304. The van der Waals surface area contributed by atoms with E-state index in [1.807, 2.05) is 61.5 Å². The van der Waals surface area contributed by atoms with E-state index in [2.05, 4.69) is 15.5 Å². The van der Waals surface area contributed by atoms with Gasteiger partial charge in [0.2, 0.25) is 11.0 Å². The van der Waals surface area contributed by atoms with Gasteiger partial charge >= 0.3 is 12.1 Å². The zero-order valence-corrected chi connectivity index (χ0v) is 20.7. The second-order valence-corrected chi connectivity index (χ2v) is 8.52. The maximum Gasteiger partial charge on any atom is 0.490 e. The molecule has 0 unspecified atom stereocenters. The summed E-state index contributed by atoms with van der Waals surface area (Å²) < 4.78 is 42.3. The Morgan fingerprint density at radius 3 is 2.11 bits per heavy atom. The van der Waals surface area contributed by atoms with Crippen LogP contribution in [0.4, 0.5) is 24.0 Å². The number of carbonyl (C=O) groups is 2. The van der Waals surface area contributed by atoms with Gasteiger partial charge in [-0.05, 0) is 35.4 Å². The molecule has 0 spiro atoms. The average molecular weight is 527 g/mol. The third-order valence-corrected chi connectivity index (χ3v) is 5.42. The molecule has 2 aromatic carbocycles. The molecule has 36 heavy (non-hydrogen) atoms. The summed E-state index contributed by atoms with van der Waals surface area (Å²) in [6.45, 7) is 0. The number of carbonyl (C=O) groups excluding carboxylic acids is 1. The average Bonchev–Trinajstić information content (AvgIpc) is 3.25. The predicted octanol–water partition coefficient (Wildman–Crippen LogP) is 4.03. The molecule has 0 saturated carbocycles. The Labute approximate surface area is 209 Å². The van der Waals surface area contributed by atoms with Gasteiger partial charge in [-0.15, -0.1) is 10.2 Å². The van der Waals surface area contributed by atoms with Crippen LogP contribution in [0, 0.1) is 0 Å². The smallest absolute Gasteiger partial charge is 0.490 e. The quantitative estimate of drug-likeness (QED) is 0.452. The van der Waals surface area contributed by atoms with Crippen LogP contribution in [0.2, 0.25) is 0 Å². The first kappa shape index (κ1) is 28.4. The lowest BCUT2D eigenvalue weighted by Crippen LogP contribution is -2.21. The lowest BCUT2D eigenvalue weighted by molar-refractivity contribution is -0.192. The number of hydrogen-bond acceptors (Lipinski definition) is 8. The Hall–Kier alpha value is -3.87. The molecule has 0 radical (unpaired) electrons. The van der Waals surface area contributed by atoms with Crippen molar-refractivity contribution in [3.8, 4) is 11.5 Å². The van der Waals surface area contributed by atoms with Gasteiger partial charge in [-0.25, -0.2) is 4.79 Å². The van der Waals surface area contributed by atoms with Crippen LogP contribution in [0.25, 0.3) is 0 Å². The molecule has 1 heterocycles. The predicted molar refractivity (Wildman–Crippen MR) is 129 cm³/mol. The largest absolute Gasteiger partial charge is 0.493 e. The lowest BCUT2D eigenvalue weighted by Gasteiger charge is -2.12. The molecular weight excluding hydrogens is 501 g/mol. The molecule has 0 saturated heterocycles. The van der Waals surface area contributed by atoms with Gasteiger partial charge in [0.1, 0.15) is 5.01 Å². The fourth-order valence-corrected chi connectivity index (χ4v) is 3.59. The van der Waals surface area contributed by atoms with Crippen molar-refractivity contribution in [2.45, 2.75) is 19.0 Å². The van der Waals surface area contributed by atoms with Gasteiger partial charge in [-0.3, -0.25) is 4.79 Å². The Bertz CT molecular complexity index is 1170. The van der Waals surface area contributed by atoms with Gasteiger partial charge < -0.3 is 24.8 Å². The monoisotopic (exact) mass is 526 g/mol. The highest BCUT2D eigenvalue weighted by Crippen LogP contribution is 2.29. The number of ether oxygens (including phenoxy) is 2. The van der Waals surface area contributed by atoms with E-state index in [0.717, 1.165) is 21.8 Å². The SMILES string of the molecule is COc1ccc(Cc2nnc(NC(=O)Cc3ccc(N(C)C)cc3)s2)cc1OC.O=C(O)C(F)(F)F. The number of anilines is 2. The molecule has 0 atom stereocenters. The van der Waals surface area contributed by atoms with E-state index in [-0.39, 0.29) is 12.3 Å². The van der Waals surface area contributed by atoms with Crippen molar-refractivity contribution in [3.63, 3.8) is 0 Å². The van der Waals surface area contributed by atoms with Crippen LogP contribution in [-0.2, 0) is 22.4 Å². The van der Waals surface area contributed by atoms with Crippen molar-refractivity contribution in [1.82, 2.24) is 10.2 Å². The summed E-state index contributed by atoms with van der Waals surface area (Å²) in [5.74, 6) is -1.52. The van der Waals surface area contributed by atoms with E-state index in [4.69, 9.17) is 19.4 Å². The standard InChI is InChI=1S/C21H24N4O3S.C2HF3O2/c1-25(2)16-8-5-14(6-9-16)12-19(26)22-21-24-23-20(29-21)13-15-7-10-17(27-3)18(11-15)28-4;3-2(4,5)1(6)7/h5-11H,12-13H2,1-4H3,(H,22,24,26);(H,6,7). The minimum atomic E-state index is -5.08. The molecular formula is C23H25F3N4O5S. The number of aliphatic carboxylic acids is 1. The molecule has 9 nitrogen and oxygen atoms in total. The van der Waals surface area contributed by atoms with Crippen molar-refractivity contribution in [2.75, 3.05) is 38.5 Å². The molecule has 0 aliphatic rings. The summed E-state index contributed by atoms with van der Waals surface area (Å²) >= 11 is 1.36. The maximum atomic E-state index is 12.3. The molecule has 1 amide bonds. The highest BCUT2D eigenvalue weighted by Gasteiger charge is 2.38. The molecule has 0 aliphatic carbocycles. The Balaban J connectivity index is 0.000000572. The van der Waals surface area contributed by atoms with Crippen LogP contribution in [0.5, 0.6) is 11.5 Å². The molecule has 0 fully saturated rings. The number of nitrogens with one attached hydrogen (secondary N) is 1. The second-order valence-electron chi connectivity index (χ2n) is 7.46. The van der Waals surface area contributed by atoms with Crippen LogP contribution >= 0.6 is 11.3 Å². The number of methoxy groups -OCH3 is 2. The molecule has 194 valence electrons. The zero-order valence-electron chi connectivity index (χ0n) is 19.9. The first-order valence-corrected chi connectivity index (χ1v) is 11.1. The number of rotatable bonds is 8. The van der Waals surface area contributed by atoms with Crippen LogP contribution in [0.1, 0.15) is 16.1 Å². The number of hydrogen-bond donors (Lipinski definition) is 2. The van der Waals surface area contributed by atoms with Gasteiger partial charge in [0.25, 0.3) is 0 Å². The van der Waals surface area contributed by atoms with Gasteiger partial charge in [0.05, 0.1) is 20.6 Å². The van der Waals surface area contributed by atoms with Gasteiger partial charge in [0, 0.05) is 26.2 Å². The topological polar surface area (TPSA) is 114 Å². The molecule has 3 aromatic rings. The van der Waals surface area contributed by atoms with Crippen molar-refractivity contribution in [1.29, 1.82) is 0 Å². The second kappa shape index (κ2) is 12.7. The number of benzene rings is 2. The van der Waals surface area contributed by atoms with E-state index in [0.29, 0.717) is 23.1 Å². The Morgan fingerprint density at radius 1 is 1.00 bits per heavy atom. The Morgan fingerprint density at radius 2 is 1.58 bits per heavy atom. The van der Waals surface area contributed by atoms with E-state index >= 15 is 0 Å². The number of nitrogens with zero attached hydrogens (tertiary/aromatic N) is 3. The van der Waals surface area contributed by atoms with Crippen LogP contribution in [-0.4, -0.2) is 61.7 Å². The molecule has 0 bridgehead atoms. The van der Waals surface area contributed by atoms with Crippen molar-refractivity contribution in [3.05, 3.63) is 58.6 Å². The van der Waals surface area contributed by atoms with Gasteiger partial charge in [-0.2, -0.15) is 13.2 Å². The molecule has 3 rings (SSSR count). The summed E-state index contributed by atoms with van der Waals surface area (Å²) in [6.07, 6.45) is -4.20. The molecule has 13 heteroatoms. The normalized spacial score (nSPS) is 10.6. The van der Waals surface area contributed by atoms with Crippen molar-refractivity contribution in [2.24, 2.45) is 0 Å². The minimum absolute atomic E-state index is 0.114. The summed E-state index contributed by atoms with van der Waals surface area (Å²) in [5.41, 5.74) is 3.07. The van der Waals surface area contributed by atoms with Crippen LogP contribution in [0.3, 0.4) is 0 Å². The summed E-state index contributed by atoms with van der Waals surface area (Å²) in [7, 11) is 7.18. The third-order valence-electron chi connectivity index (χ3n) is 4.58. The zero-order chi connectivity index (χ0) is 26.9. The number of alkyl halides is 3. The number of aromatic nitrogens is 2. The van der Waals surface area contributed by atoms with Crippen LogP contribution in [0.15, 0.2) is 42.5 Å². The van der Waals surface area contributed by atoms with E-state index in [1.54, 1.807) is 14.2 Å². The van der Waals surface area contributed by atoms with E-state index in [9.17, 15) is 18.0 Å². The van der Waals surface area contributed by atoms with Gasteiger partial charge in [0.15, 0.2) is 11.5 Å². The number of carboxylic acids is 1. The molecule has 0 aliphatic heterocycles. The molecule has 1 aromatic heterocycles. The summed E-state index contributed by atoms with van der Waals surface area (Å²) in [5, 5.41) is 19.5. The first-order chi connectivity index (χ1) is 16.9. The third kappa shape index (κ3) is 8.73. The lowest BCUT2D eigenvalue weighted by atomic mass is 10.1. The van der Waals surface area contributed by atoms with Gasteiger partial charge in [-0.1, -0.05) is 29.5 Å². The number of amides is 1. The fourth-order valence-electron chi connectivity index (χ4n) is 2.80. The minimum Gasteiger partial charge on any atom is -0.493 e. The number of carboxylic acid groups (broad SMARTS) is 1. The van der Waals surface area contributed by atoms with E-state index < -0.39 is 12.1 Å². The highest BCUT2D eigenvalue weighted by atomic mass is 32.1. The number of halogens is 3. The first-order valence-electron chi connectivity index (χ1n) is 10.3. The summed E-state index contributed by atoms with van der Waals surface area (Å²) in [6, 6.07) is 13.6. The van der Waals surface area contributed by atoms with Crippen molar-refractivity contribution >= 4 is 34.0 Å². The van der Waals surface area contributed by atoms with E-state index in [1.165, 1.54) is 11.3 Å². The van der Waals surface area contributed by atoms with Crippen LogP contribution < -0.4 is 19.7 Å². The summed E-state index contributed by atoms with van der Waals surface area (Å²) in [4.78, 5) is 23.2.